The number of esters is 1. The molecule has 7 heteroatoms. The molecule has 0 amide bonds. The van der Waals surface area contributed by atoms with Gasteiger partial charge in [0.05, 0.1) is 0 Å². The van der Waals surface area contributed by atoms with Crippen LogP contribution in [-0.4, -0.2) is 5.97 Å². The fourth-order valence-corrected chi connectivity index (χ4v) is 3.79. The first-order valence-electron chi connectivity index (χ1n) is 10.3. The Hall–Kier alpha value is -3.92. The number of nitrogens with zero attached hydrogens (tertiary/aromatic N) is 1. The molecule has 0 heterocycles. The smallest absolute Gasteiger partial charge is 0.349 e. The summed E-state index contributed by atoms with van der Waals surface area (Å²) in [6, 6.07) is 12.4. The van der Waals surface area contributed by atoms with Gasteiger partial charge < -0.3 is 4.74 Å². The number of halogens is 4. The van der Waals surface area contributed by atoms with Crippen LogP contribution in [0.1, 0.15) is 41.3 Å². The number of ether oxygens (including phenoxy) is 1. The Labute approximate surface area is 186 Å². The van der Waals surface area contributed by atoms with E-state index in [1.54, 1.807) is 12.1 Å². The molecule has 0 atom stereocenters. The topological polar surface area (TPSA) is 50.1 Å². The molecule has 0 aromatic heterocycles. The van der Waals surface area contributed by atoms with Crippen molar-refractivity contribution in [2.75, 3.05) is 0 Å². The lowest BCUT2D eigenvalue weighted by atomic mass is 9.96. The Morgan fingerprint density at radius 2 is 1.61 bits per heavy atom. The molecule has 4 rings (SSSR count). The Bertz CT molecular complexity index is 1430. The lowest BCUT2D eigenvalue weighted by Gasteiger charge is -2.12. The first kappa shape index (κ1) is 22.3. The maximum Gasteiger partial charge on any atom is 0.349 e. The fraction of sp³-hybridized carbons (Fsp3) is 0.154. The van der Waals surface area contributed by atoms with Crippen LogP contribution in [0.3, 0.4) is 0 Å². The molecule has 166 valence electrons. The quantitative estimate of drug-likeness (QED) is 0.142. The minimum absolute atomic E-state index is 0.00866. The highest BCUT2D eigenvalue weighted by molar-refractivity contribution is 6.10. The molecule has 0 saturated heterocycles. The molecule has 3 nitrogen and oxygen atoms in total. The second-order valence-corrected chi connectivity index (χ2v) is 7.63. The average Bonchev–Trinajstić information content (AvgIpc) is 2.77. The van der Waals surface area contributed by atoms with Gasteiger partial charge in [-0.05, 0) is 40.6 Å². The number of nitriles is 1. The number of hydrogen-bond acceptors (Lipinski definition) is 3. The van der Waals surface area contributed by atoms with Crippen LogP contribution in [0, 0.1) is 34.6 Å². The van der Waals surface area contributed by atoms with Gasteiger partial charge in [0.2, 0.25) is 0 Å². The van der Waals surface area contributed by atoms with Gasteiger partial charge in [-0.3, -0.25) is 0 Å². The van der Waals surface area contributed by atoms with Crippen LogP contribution < -0.4 is 4.74 Å². The zero-order valence-corrected chi connectivity index (χ0v) is 17.5. The van der Waals surface area contributed by atoms with E-state index < -0.39 is 46.1 Å². The Balaban J connectivity index is 1.75. The van der Waals surface area contributed by atoms with Gasteiger partial charge in [-0.1, -0.05) is 43.7 Å². The zero-order valence-electron chi connectivity index (χ0n) is 17.5. The van der Waals surface area contributed by atoms with E-state index in [0.29, 0.717) is 17.5 Å². The van der Waals surface area contributed by atoms with Gasteiger partial charge >= 0.3 is 5.97 Å². The molecule has 0 spiro atoms. The van der Waals surface area contributed by atoms with Crippen LogP contribution in [-0.2, 0) is 6.42 Å². The summed E-state index contributed by atoms with van der Waals surface area (Å²) in [5, 5.41) is 10.5. The van der Waals surface area contributed by atoms with Gasteiger partial charge in [0.15, 0.2) is 0 Å². The number of carbonyl (C=O) groups is 1. The largest absolute Gasteiger partial charge is 0.423 e. The second kappa shape index (κ2) is 8.91. The Morgan fingerprint density at radius 3 is 2.27 bits per heavy atom. The van der Waals surface area contributed by atoms with Crippen molar-refractivity contribution >= 4 is 27.5 Å². The van der Waals surface area contributed by atoms with Crippen molar-refractivity contribution in [2.45, 2.75) is 26.2 Å². The van der Waals surface area contributed by atoms with Gasteiger partial charge in [-0.2, -0.15) is 5.26 Å². The lowest BCUT2D eigenvalue weighted by molar-refractivity contribution is 0.0724. The molecule has 0 aliphatic carbocycles. The van der Waals surface area contributed by atoms with E-state index in [2.05, 4.69) is 6.92 Å². The minimum Gasteiger partial charge on any atom is -0.423 e. The molecule has 0 saturated carbocycles. The summed E-state index contributed by atoms with van der Waals surface area (Å²) < 4.78 is 62.4. The molecule has 33 heavy (non-hydrogen) atoms. The molecule has 0 fully saturated rings. The van der Waals surface area contributed by atoms with E-state index in [1.165, 1.54) is 12.1 Å². The molecule has 4 aromatic rings. The van der Waals surface area contributed by atoms with Gasteiger partial charge in [0.25, 0.3) is 0 Å². The van der Waals surface area contributed by atoms with E-state index in [4.69, 9.17) is 10.00 Å². The summed E-state index contributed by atoms with van der Waals surface area (Å²) in [4.78, 5) is 12.5. The highest BCUT2D eigenvalue weighted by Crippen LogP contribution is 2.32. The predicted octanol–water partition coefficient (Wildman–Crippen LogP) is 6.98. The fourth-order valence-electron chi connectivity index (χ4n) is 3.79. The van der Waals surface area contributed by atoms with Crippen LogP contribution >= 0.6 is 0 Å². The van der Waals surface area contributed by atoms with E-state index in [0.717, 1.165) is 36.3 Å². The molecule has 0 bridgehead atoms. The van der Waals surface area contributed by atoms with Gasteiger partial charge in [0, 0.05) is 17.5 Å². The molecule has 4 aromatic carbocycles. The lowest BCUT2D eigenvalue weighted by Crippen LogP contribution is -2.14. The Kier molecular flexibility index (Phi) is 6.01. The normalized spacial score (nSPS) is 11.0. The number of hydrogen-bond donors (Lipinski definition) is 0. The van der Waals surface area contributed by atoms with Crippen molar-refractivity contribution in [3.63, 3.8) is 0 Å². The monoisotopic (exact) mass is 451 g/mol. The molecule has 0 aliphatic rings. The number of benzene rings is 4. The summed E-state index contributed by atoms with van der Waals surface area (Å²) in [6.45, 7) is 2.09. The van der Waals surface area contributed by atoms with E-state index >= 15 is 4.39 Å². The summed E-state index contributed by atoms with van der Waals surface area (Å²) in [5.41, 5.74) is -0.721. The SMILES string of the molecule is CCCCc1ccc2c(ccc3c(F)c(C(=O)Oc4cc(F)c(C#N)c(F)c4)c(F)cc32)c1. The molecule has 0 radical (unpaired) electrons. The highest BCUT2D eigenvalue weighted by atomic mass is 19.1. The summed E-state index contributed by atoms with van der Waals surface area (Å²) in [6.07, 6.45) is 2.97. The number of carbonyl (C=O) groups excluding carboxylic acids is 1. The van der Waals surface area contributed by atoms with Crippen molar-refractivity contribution in [3.8, 4) is 11.8 Å². The highest BCUT2D eigenvalue weighted by Gasteiger charge is 2.24. The molecular formula is C26H17F4NO2. The third-order valence-corrected chi connectivity index (χ3v) is 5.45. The van der Waals surface area contributed by atoms with Crippen molar-refractivity contribution in [1.82, 2.24) is 0 Å². The standard InChI is InChI=1S/C26H17F4NO2/c1-2-3-4-14-5-7-17-15(9-14)6-8-18-19(17)12-23(29)24(25(18)30)26(32)33-16-10-21(27)20(13-31)22(28)11-16/h5-12H,2-4H2,1H3. The molecule has 0 unspecified atom stereocenters. The molecular weight excluding hydrogens is 434 g/mol. The van der Waals surface area contributed by atoms with Crippen LogP contribution in [0.5, 0.6) is 5.75 Å². The number of unbranched alkanes of at least 4 members (excludes halogenated alkanes) is 1. The first-order chi connectivity index (χ1) is 15.8. The predicted molar refractivity (Wildman–Crippen MR) is 116 cm³/mol. The minimum atomic E-state index is -1.45. The number of rotatable bonds is 5. The van der Waals surface area contributed by atoms with E-state index in [-0.39, 0.29) is 10.8 Å². The van der Waals surface area contributed by atoms with Crippen molar-refractivity contribution in [1.29, 1.82) is 5.26 Å². The third kappa shape index (κ3) is 4.12. The maximum atomic E-state index is 15.2. The van der Waals surface area contributed by atoms with Gasteiger partial charge in [-0.15, -0.1) is 0 Å². The number of fused-ring (bicyclic) bond motifs is 3. The summed E-state index contributed by atoms with van der Waals surface area (Å²) >= 11 is 0. The molecule has 0 N–H and O–H groups in total. The van der Waals surface area contributed by atoms with Gasteiger partial charge in [-0.25, -0.2) is 22.4 Å². The van der Waals surface area contributed by atoms with Crippen LogP contribution in [0.15, 0.2) is 48.5 Å². The zero-order chi connectivity index (χ0) is 23.7. The summed E-state index contributed by atoms with van der Waals surface area (Å²) in [7, 11) is 0. The molecule has 0 aliphatic heterocycles. The van der Waals surface area contributed by atoms with E-state index in [9.17, 15) is 18.0 Å². The Morgan fingerprint density at radius 1 is 0.909 bits per heavy atom. The van der Waals surface area contributed by atoms with Crippen molar-refractivity contribution < 1.29 is 27.1 Å². The second-order valence-electron chi connectivity index (χ2n) is 7.63. The summed E-state index contributed by atoms with van der Waals surface area (Å²) in [5.74, 6) is -6.89. The maximum absolute atomic E-state index is 15.2. The van der Waals surface area contributed by atoms with Crippen molar-refractivity contribution in [3.05, 3.63) is 88.5 Å². The number of aryl methyl sites for hydroxylation is 1. The van der Waals surface area contributed by atoms with Gasteiger partial charge in [0.1, 0.15) is 46.2 Å². The third-order valence-electron chi connectivity index (χ3n) is 5.45. The average molecular weight is 451 g/mol. The van der Waals surface area contributed by atoms with E-state index in [1.807, 2.05) is 12.1 Å². The van der Waals surface area contributed by atoms with Crippen LogP contribution in [0.2, 0.25) is 0 Å². The first-order valence-corrected chi connectivity index (χ1v) is 10.3. The van der Waals surface area contributed by atoms with Crippen molar-refractivity contribution in [2.24, 2.45) is 0 Å². The van der Waals surface area contributed by atoms with Crippen LogP contribution in [0.25, 0.3) is 21.5 Å². The van der Waals surface area contributed by atoms with Crippen LogP contribution in [0.4, 0.5) is 17.6 Å².